The van der Waals surface area contributed by atoms with Crippen LogP contribution in [-0.4, -0.2) is 72.7 Å². The number of para-hydroxylation sites is 1. The molecule has 2 amide bonds. The number of piperazine rings is 1. The second-order valence-electron chi connectivity index (χ2n) is 10.4. The summed E-state index contributed by atoms with van der Waals surface area (Å²) in [4.78, 5) is 40.5. The van der Waals surface area contributed by atoms with E-state index in [4.69, 9.17) is 11.6 Å². The first-order chi connectivity index (χ1) is 20.7. The number of carbonyl (C=O) groups is 2. The highest BCUT2D eigenvalue weighted by atomic mass is 35.5. The van der Waals surface area contributed by atoms with Crippen LogP contribution in [-0.2, 0) is 4.79 Å². The Kier molecular flexibility index (Phi) is 9.42. The van der Waals surface area contributed by atoms with Gasteiger partial charge in [0.2, 0.25) is 5.91 Å². The molecule has 0 N–H and O–H groups in total. The van der Waals surface area contributed by atoms with Gasteiger partial charge < -0.3 is 9.80 Å². The monoisotopic (exact) mass is 618 g/mol. The van der Waals surface area contributed by atoms with Gasteiger partial charge in [-0.3, -0.25) is 24.3 Å². The van der Waals surface area contributed by atoms with Crippen molar-refractivity contribution in [1.29, 1.82) is 0 Å². The summed E-state index contributed by atoms with van der Waals surface area (Å²) in [7, 11) is 0. The van der Waals surface area contributed by atoms with Crippen LogP contribution in [0.3, 0.4) is 0 Å². The molecule has 1 aromatic heterocycles. The van der Waals surface area contributed by atoms with Crippen LogP contribution in [0.25, 0.3) is 17.1 Å². The van der Waals surface area contributed by atoms with E-state index in [-0.39, 0.29) is 29.1 Å². The van der Waals surface area contributed by atoms with Crippen LogP contribution in [0, 0.1) is 17.0 Å². The van der Waals surface area contributed by atoms with E-state index in [0.717, 1.165) is 16.4 Å². The Morgan fingerprint density at radius 2 is 1.79 bits per heavy atom. The highest BCUT2D eigenvalue weighted by Crippen LogP contribution is 2.29. The van der Waals surface area contributed by atoms with Crippen LogP contribution in [0.15, 0.2) is 78.0 Å². The quantitative estimate of drug-likeness (QED) is 0.0971. The number of thioether (sulfide) groups is 1. The van der Waals surface area contributed by atoms with E-state index in [0.29, 0.717) is 54.6 Å². The summed E-state index contributed by atoms with van der Waals surface area (Å²) in [6, 6.07) is 21.7. The van der Waals surface area contributed by atoms with E-state index in [9.17, 15) is 19.7 Å². The largest absolute Gasteiger partial charge is 0.339 e. The van der Waals surface area contributed by atoms with Gasteiger partial charge >= 0.3 is 0 Å². The molecular weight excluding hydrogens is 588 g/mol. The molecule has 0 spiro atoms. The number of hydrogen-bond donors (Lipinski definition) is 0. The highest BCUT2D eigenvalue weighted by molar-refractivity contribution is 7.99. The second-order valence-corrected chi connectivity index (χ2v) is 11.9. The van der Waals surface area contributed by atoms with Crippen molar-refractivity contribution >= 4 is 40.9 Å². The Morgan fingerprint density at radius 1 is 1.05 bits per heavy atom. The van der Waals surface area contributed by atoms with Crippen molar-refractivity contribution in [2.24, 2.45) is 0 Å². The summed E-state index contributed by atoms with van der Waals surface area (Å²) in [5.41, 5.74) is 2.55. The molecule has 3 aromatic carbocycles. The third-order valence-electron chi connectivity index (χ3n) is 7.41. The molecule has 222 valence electrons. The fourth-order valence-electron chi connectivity index (χ4n) is 5.09. The first kappa shape index (κ1) is 30.2. The molecule has 10 nitrogen and oxygen atoms in total. The van der Waals surface area contributed by atoms with Gasteiger partial charge in [0.05, 0.1) is 4.92 Å². The number of halogens is 1. The maximum Gasteiger partial charge on any atom is 0.273 e. The minimum atomic E-state index is -0.478. The lowest BCUT2D eigenvalue weighted by molar-refractivity contribution is -0.385. The number of rotatable bonds is 9. The summed E-state index contributed by atoms with van der Waals surface area (Å²) < 4.78 is 2.01. The Hall–Kier alpha value is -4.22. The molecule has 1 atom stereocenters. The van der Waals surface area contributed by atoms with Crippen molar-refractivity contribution in [2.75, 3.05) is 25.4 Å². The number of aromatic nitrogens is 3. The molecule has 0 bridgehead atoms. The fourth-order valence-corrected chi connectivity index (χ4v) is 6.11. The third kappa shape index (κ3) is 6.89. The molecule has 1 unspecified atom stereocenters. The van der Waals surface area contributed by atoms with E-state index >= 15 is 0 Å². The van der Waals surface area contributed by atoms with E-state index in [1.54, 1.807) is 40.6 Å². The van der Waals surface area contributed by atoms with Crippen LogP contribution >= 0.6 is 23.4 Å². The Morgan fingerprint density at radius 3 is 2.49 bits per heavy atom. The van der Waals surface area contributed by atoms with Gasteiger partial charge in [0.25, 0.3) is 11.6 Å². The fraction of sp³-hybridized carbons (Fsp3) is 0.290. The number of benzene rings is 3. The SMILES string of the molecule is Cc1ccc(C(=O)N2CCN(C(=O)CCCSc3nnc(-c4ccc(Cl)cc4)n3-c3ccccc3)CC2C)cc1[N+](=O)[O-]. The smallest absolute Gasteiger partial charge is 0.273 e. The maximum absolute atomic E-state index is 13.1. The number of hydrogen-bond acceptors (Lipinski definition) is 7. The van der Waals surface area contributed by atoms with Crippen LogP contribution in [0.1, 0.15) is 35.7 Å². The van der Waals surface area contributed by atoms with Gasteiger partial charge in [-0.25, -0.2) is 0 Å². The Bertz CT molecular complexity index is 1630. The first-order valence-corrected chi connectivity index (χ1v) is 15.3. The van der Waals surface area contributed by atoms with Crippen LogP contribution in [0.5, 0.6) is 0 Å². The number of nitro groups is 1. The Labute approximate surface area is 258 Å². The average molecular weight is 619 g/mol. The lowest BCUT2D eigenvalue weighted by Gasteiger charge is -2.40. The van der Waals surface area contributed by atoms with Gasteiger partial charge in [-0.1, -0.05) is 47.6 Å². The van der Waals surface area contributed by atoms with Crippen LogP contribution in [0.2, 0.25) is 5.02 Å². The number of aryl methyl sites for hydroxylation is 1. The standard InChI is InChI=1S/C31H31ClN6O4S/c1-21-10-11-24(19-27(21)38(41)42)30(40)36-17-16-35(20-22(36)2)28(39)9-6-18-43-31-34-33-29(23-12-14-25(32)15-13-23)37(31)26-7-4-3-5-8-26/h3-5,7-8,10-15,19,22H,6,9,16-18,20H2,1-2H3. The topological polar surface area (TPSA) is 114 Å². The molecule has 1 aliphatic rings. The number of carbonyl (C=O) groups excluding carboxylic acids is 2. The summed E-state index contributed by atoms with van der Waals surface area (Å²) >= 11 is 7.63. The summed E-state index contributed by atoms with van der Waals surface area (Å²) in [5.74, 6) is 1.16. The summed E-state index contributed by atoms with van der Waals surface area (Å²) in [5, 5.41) is 21.6. The minimum absolute atomic E-state index is 0.0388. The molecule has 0 aliphatic carbocycles. The molecule has 1 saturated heterocycles. The molecule has 43 heavy (non-hydrogen) atoms. The normalized spacial score (nSPS) is 15.0. The van der Waals surface area contributed by atoms with Crippen molar-refractivity contribution < 1.29 is 14.5 Å². The molecular formula is C31H31ClN6O4S. The van der Waals surface area contributed by atoms with Gasteiger partial charge in [-0.2, -0.15) is 0 Å². The van der Waals surface area contributed by atoms with Crippen molar-refractivity contribution in [3.63, 3.8) is 0 Å². The molecule has 5 rings (SSSR count). The highest BCUT2D eigenvalue weighted by Gasteiger charge is 2.31. The van der Waals surface area contributed by atoms with Gasteiger partial charge in [0.1, 0.15) is 0 Å². The molecule has 0 radical (unpaired) electrons. The van der Waals surface area contributed by atoms with Crippen molar-refractivity contribution in [3.8, 4) is 17.1 Å². The van der Waals surface area contributed by atoms with Gasteiger partial charge in [0, 0.05) is 71.3 Å². The minimum Gasteiger partial charge on any atom is -0.339 e. The first-order valence-electron chi connectivity index (χ1n) is 14.0. The predicted molar refractivity (Wildman–Crippen MR) is 167 cm³/mol. The van der Waals surface area contributed by atoms with Crippen molar-refractivity contribution in [1.82, 2.24) is 24.6 Å². The number of nitrogens with zero attached hydrogens (tertiary/aromatic N) is 6. The van der Waals surface area contributed by atoms with Gasteiger partial charge in [-0.15, -0.1) is 10.2 Å². The Balaban J connectivity index is 1.17. The lowest BCUT2D eigenvalue weighted by Crippen LogP contribution is -2.55. The molecule has 1 aliphatic heterocycles. The van der Waals surface area contributed by atoms with Crippen molar-refractivity contribution in [3.05, 3.63) is 99.1 Å². The second kappa shape index (κ2) is 13.4. The van der Waals surface area contributed by atoms with Gasteiger partial charge in [-0.05, 0) is 62.7 Å². The zero-order valence-electron chi connectivity index (χ0n) is 23.9. The molecule has 12 heteroatoms. The summed E-state index contributed by atoms with van der Waals surface area (Å²) in [6.45, 7) is 4.74. The van der Waals surface area contributed by atoms with Crippen molar-refractivity contribution in [2.45, 2.75) is 37.9 Å². The average Bonchev–Trinajstić information content (AvgIpc) is 3.43. The van der Waals surface area contributed by atoms with Gasteiger partial charge in [0.15, 0.2) is 11.0 Å². The number of nitro benzene ring substituents is 1. The molecule has 4 aromatic rings. The van der Waals surface area contributed by atoms with Crippen LogP contribution < -0.4 is 0 Å². The van der Waals surface area contributed by atoms with Crippen LogP contribution in [0.4, 0.5) is 5.69 Å². The summed E-state index contributed by atoms with van der Waals surface area (Å²) in [6.07, 6.45) is 1.03. The molecule has 0 saturated carbocycles. The zero-order valence-corrected chi connectivity index (χ0v) is 25.4. The zero-order chi connectivity index (χ0) is 30.5. The van der Waals surface area contributed by atoms with E-state index in [1.165, 1.54) is 6.07 Å². The van der Waals surface area contributed by atoms with E-state index in [2.05, 4.69) is 10.2 Å². The predicted octanol–water partition coefficient (Wildman–Crippen LogP) is 6.05. The van der Waals surface area contributed by atoms with E-state index < -0.39 is 4.92 Å². The van der Waals surface area contributed by atoms with E-state index in [1.807, 2.05) is 66.1 Å². The third-order valence-corrected chi connectivity index (χ3v) is 8.68. The lowest BCUT2D eigenvalue weighted by atomic mass is 10.1. The molecule has 2 heterocycles. The molecule has 1 fully saturated rings. The number of amides is 2. The maximum atomic E-state index is 13.1.